The van der Waals surface area contributed by atoms with E-state index in [1.165, 1.54) is 0 Å². The molecule has 27 heavy (non-hydrogen) atoms. The van der Waals surface area contributed by atoms with Gasteiger partial charge in [-0.2, -0.15) is 0 Å². The number of carbonyl (C=O) groups is 1. The van der Waals surface area contributed by atoms with E-state index in [1.54, 1.807) is 0 Å². The topological polar surface area (TPSA) is 84.6 Å². The quantitative estimate of drug-likeness (QED) is 0.594. The molecule has 0 fully saturated rings. The van der Waals surface area contributed by atoms with Gasteiger partial charge >= 0.3 is 6.09 Å². The molecule has 5 nitrogen and oxygen atoms in total. The number of aliphatic hydroxyl groups is 1. The summed E-state index contributed by atoms with van der Waals surface area (Å²) in [6, 6.07) is 19.2. The molecular weight excluding hydrogens is 340 g/mol. The van der Waals surface area contributed by atoms with E-state index in [2.05, 4.69) is 5.32 Å². The van der Waals surface area contributed by atoms with Crippen LogP contribution < -0.4 is 11.1 Å². The SMILES string of the molecule is C[C@H](CNC(=O)OCc1ccccc1)C(N)CCCC(O)c1ccccc1. The van der Waals surface area contributed by atoms with Gasteiger partial charge in [0.1, 0.15) is 6.61 Å². The van der Waals surface area contributed by atoms with Crippen LogP contribution in [0.1, 0.15) is 43.4 Å². The average Bonchev–Trinajstić information content (AvgIpc) is 2.71. The molecule has 0 spiro atoms. The second-order valence-electron chi connectivity index (χ2n) is 6.94. The normalized spacial score (nSPS) is 14.2. The Morgan fingerprint density at radius 2 is 1.70 bits per heavy atom. The fourth-order valence-electron chi connectivity index (χ4n) is 2.84. The Labute approximate surface area is 161 Å². The average molecular weight is 370 g/mol. The molecular formula is C22H30N2O3. The zero-order valence-corrected chi connectivity index (χ0v) is 15.9. The number of benzene rings is 2. The molecule has 2 aromatic carbocycles. The molecule has 0 aliphatic rings. The summed E-state index contributed by atoms with van der Waals surface area (Å²) in [5.41, 5.74) is 8.11. The Bertz CT molecular complexity index is 664. The number of nitrogens with one attached hydrogen (secondary N) is 1. The van der Waals surface area contributed by atoms with E-state index in [4.69, 9.17) is 10.5 Å². The fourth-order valence-corrected chi connectivity index (χ4v) is 2.84. The van der Waals surface area contributed by atoms with E-state index in [0.29, 0.717) is 13.0 Å². The van der Waals surface area contributed by atoms with Crippen molar-refractivity contribution in [2.75, 3.05) is 6.54 Å². The van der Waals surface area contributed by atoms with E-state index < -0.39 is 12.2 Å². The zero-order chi connectivity index (χ0) is 19.5. The summed E-state index contributed by atoms with van der Waals surface area (Å²) in [5, 5.41) is 13.0. The largest absolute Gasteiger partial charge is 0.445 e. The number of amides is 1. The maximum absolute atomic E-state index is 11.8. The number of rotatable bonds is 10. The molecule has 0 saturated heterocycles. The number of carbonyl (C=O) groups excluding carboxylic acids is 1. The van der Waals surface area contributed by atoms with E-state index in [-0.39, 0.29) is 18.6 Å². The van der Waals surface area contributed by atoms with Crippen molar-refractivity contribution in [3.05, 3.63) is 71.8 Å². The number of aliphatic hydroxyl groups excluding tert-OH is 1. The Hall–Kier alpha value is -2.37. The summed E-state index contributed by atoms with van der Waals surface area (Å²) >= 11 is 0. The number of ether oxygens (including phenoxy) is 1. The molecule has 0 aromatic heterocycles. The first-order valence-corrected chi connectivity index (χ1v) is 9.49. The van der Waals surface area contributed by atoms with Gasteiger partial charge in [-0.25, -0.2) is 4.79 Å². The van der Waals surface area contributed by atoms with Gasteiger partial charge in [0.2, 0.25) is 0 Å². The molecule has 2 rings (SSSR count). The highest BCUT2D eigenvalue weighted by atomic mass is 16.5. The molecule has 0 aliphatic carbocycles. The van der Waals surface area contributed by atoms with Gasteiger partial charge in [0, 0.05) is 12.6 Å². The van der Waals surface area contributed by atoms with Crippen LogP contribution in [0.5, 0.6) is 0 Å². The van der Waals surface area contributed by atoms with Crippen molar-refractivity contribution in [2.24, 2.45) is 11.7 Å². The summed E-state index contributed by atoms with van der Waals surface area (Å²) in [6.45, 7) is 2.73. The van der Waals surface area contributed by atoms with Crippen LogP contribution in [-0.2, 0) is 11.3 Å². The monoisotopic (exact) mass is 370 g/mol. The van der Waals surface area contributed by atoms with Crippen molar-refractivity contribution in [3.63, 3.8) is 0 Å². The third-order valence-electron chi connectivity index (χ3n) is 4.71. The third-order valence-corrected chi connectivity index (χ3v) is 4.71. The predicted molar refractivity (Wildman–Crippen MR) is 107 cm³/mol. The lowest BCUT2D eigenvalue weighted by Gasteiger charge is -2.21. The smallest absolute Gasteiger partial charge is 0.407 e. The molecule has 5 heteroatoms. The van der Waals surface area contributed by atoms with E-state index in [1.807, 2.05) is 67.6 Å². The van der Waals surface area contributed by atoms with Gasteiger partial charge in [0.25, 0.3) is 0 Å². The molecule has 2 unspecified atom stereocenters. The summed E-state index contributed by atoms with van der Waals surface area (Å²) in [6.07, 6.45) is 1.42. The highest BCUT2D eigenvalue weighted by Crippen LogP contribution is 2.20. The van der Waals surface area contributed by atoms with Crippen molar-refractivity contribution in [1.82, 2.24) is 5.32 Å². The number of nitrogens with two attached hydrogens (primary N) is 1. The lowest BCUT2D eigenvalue weighted by molar-refractivity contribution is 0.137. The van der Waals surface area contributed by atoms with E-state index in [0.717, 1.165) is 24.0 Å². The van der Waals surface area contributed by atoms with Crippen LogP contribution >= 0.6 is 0 Å². The fraction of sp³-hybridized carbons (Fsp3) is 0.409. The zero-order valence-electron chi connectivity index (χ0n) is 15.9. The summed E-state index contributed by atoms with van der Waals surface area (Å²) in [4.78, 5) is 11.8. The van der Waals surface area contributed by atoms with Crippen LogP contribution in [0.4, 0.5) is 4.79 Å². The van der Waals surface area contributed by atoms with E-state index in [9.17, 15) is 9.90 Å². The molecule has 146 valence electrons. The Balaban J connectivity index is 1.60. The van der Waals surface area contributed by atoms with Crippen LogP contribution in [0, 0.1) is 5.92 Å². The first-order chi connectivity index (χ1) is 13.1. The van der Waals surface area contributed by atoms with E-state index >= 15 is 0 Å². The van der Waals surface area contributed by atoms with Crippen molar-refractivity contribution in [1.29, 1.82) is 0 Å². The number of hydrogen-bond donors (Lipinski definition) is 3. The standard InChI is InChI=1S/C22H30N2O3/c1-17(15-24-22(26)27-16-18-9-4-2-5-10-18)20(23)13-8-14-21(25)19-11-6-3-7-12-19/h2-7,9-12,17,20-21,25H,8,13-16,23H2,1H3,(H,24,26)/t17-,20?,21?/m1/s1. The number of alkyl carbamates (subject to hydrolysis) is 1. The molecule has 1 amide bonds. The maximum atomic E-state index is 11.8. The minimum Gasteiger partial charge on any atom is -0.445 e. The first kappa shape index (κ1) is 20.9. The van der Waals surface area contributed by atoms with Crippen LogP contribution in [0.25, 0.3) is 0 Å². The van der Waals surface area contributed by atoms with Crippen molar-refractivity contribution in [2.45, 2.75) is 44.9 Å². The van der Waals surface area contributed by atoms with Gasteiger partial charge < -0.3 is 20.9 Å². The van der Waals surface area contributed by atoms with Gasteiger partial charge in [-0.1, -0.05) is 67.6 Å². The number of hydrogen-bond acceptors (Lipinski definition) is 4. The second kappa shape index (κ2) is 11.4. The van der Waals surface area contributed by atoms with Crippen molar-refractivity contribution in [3.8, 4) is 0 Å². The van der Waals surface area contributed by atoms with Crippen molar-refractivity contribution >= 4 is 6.09 Å². The van der Waals surface area contributed by atoms with Gasteiger partial charge in [-0.05, 0) is 36.3 Å². The van der Waals surface area contributed by atoms with Crippen LogP contribution in [0.2, 0.25) is 0 Å². The molecule has 4 N–H and O–H groups in total. The molecule has 2 aromatic rings. The second-order valence-corrected chi connectivity index (χ2v) is 6.94. The lowest BCUT2D eigenvalue weighted by Crippen LogP contribution is -2.38. The Kier molecular flexibility index (Phi) is 8.81. The molecule has 0 bridgehead atoms. The van der Waals surface area contributed by atoms with Gasteiger partial charge in [0.15, 0.2) is 0 Å². The molecule has 0 aliphatic heterocycles. The van der Waals surface area contributed by atoms with Crippen LogP contribution in [0.15, 0.2) is 60.7 Å². The van der Waals surface area contributed by atoms with Gasteiger partial charge in [-0.15, -0.1) is 0 Å². The van der Waals surface area contributed by atoms with Gasteiger partial charge in [-0.3, -0.25) is 0 Å². The Morgan fingerprint density at radius 1 is 1.07 bits per heavy atom. The highest BCUT2D eigenvalue weighted by Gasteiger charge is 2.15. The molecule has 0 heterocycles. The summed E-state index contributed by atoms with van der Waals surface area (Å²) in [5.74, 6) is 0.128. The van der Waals surface area contributed by atoms with Crippen LogP contribution in [0.3, 0.4) is 0 Å². The Morgan fingerprint density at radius 3 is 2.37 bits per heavy atom. The molecule has 0 radical (unpaired) electrons. The van der Waals surface area contributed by atoms with Crippen LogP contribution in [-0.4, -0.2) is 23.8 Å². The predicted octanol–water partition coefficient (Wildman–Crippen LogP) is 3.78. The third kappa shape index (κ3) is 7.81. The minimum atomic E-state index is -0.459. The summed E-state index contributed by atoms with van der Waals surface area (Å²) in [7, 11) is 0. The van der Waals surface area contributed by atoms with Crippen molar-refractivity contribution < 1.29 is 14.6 Å². The summed E-state index contributed by atoms with van der Waals surface area (Å²) < 4.78 is 5.20. The highest BCUT2D eigenvalue weighted by molar-refractivity contribution is 5.67. The molecule has 3 atom stereocenters. The maximum Gasteiger partial charge on any atom is 0.407 e. The van der Waals surface area contributed by atoms with Gasteiger partial charge in [0.05, 0.1) is 6.10 Å². The minimum absolute atomic E-state index is 0.0394. The first-order valence-electron chi connectivity index (χ1n) is 9.49. The lowest BCUT2D eigenvalue weighted by atomic mass is 9.95. The molecule has 0 saturated carbocycles.